The van der Waals surface area contributed by atoms with Crippen LogP contribution in [0.3, 0.4) is 0 Å². The summed E-state index contributed by atoms with van der Waals surface area (Å²) in [6, 6.07) is 4.15. The van der Waals surface area contributed by atoms with Crippen LogP contribution in [0.4, 0.5) is 4.39 Å². The minimum Gasteiger partial charge on any atom is -0.483 e. The number of hydrogen-bond donors (Lipinski definition) is 1. The number of carbonyl (C=O) groups is 4. The summed E-state index contributed by atoms with van der Waals surface area (Å²) in [6.45, 7) is 5.24. The molecule has 2 aliphatic rings. The van der Waals surface area contributed by atoms with Crippen molar-refractivity contribution >= 4 is 24.2 Å². The lowest BCUT2D eigenvalue weighted by Crippen LogP contribution is -2.58. The van der Waals surface area contributed by atoms with Gasteiger partial charge >= 0.3 is 0 Å². The van der Waals surface area contributed by atoms with Gasteiger partial charge < -0.3 is 19.8 Å². The summed E-state index contributed by atoms with van der Waals surface area (Å²) in [4.78, 5) is 50.1. The predicted molar refractivity (Wildman–Crippen MR) is 107 cm³/mol. The summed E-state index contributed by atoms with van der Waals surface area (Å²) >= 11 is 0. The van der Waals surface area contributed by atoms with Crippen molar-refractivity contribution in [3.63, 3.8) is 0 Å². The smallest absolute Gasteiger partial charge is 0.290 e. The number of carbonyl (C=O) groups excluding carboxylic acids is 3. The topological polar surface area (TPSA) is 98.2 Å². The molecule has 1 aromatic carbocycles. The van der Waals surface area contributed by atoms with Gasteiger partial charge in [-0.1, -0.05) is 17.7 Å². The molecule has 30 heavy (non-hydrogen) atoms. The lowest BCUT2D eigenvalue weighted by molar-refractivity contribution is -0.155. The number of amides is 3. The molecule has 3 rings (SSSR count). The van der Waals surface area contributed by atoms with E-state index >= 15 is 0 Å². The van der Waals surface area contributed by atoms with Gasteiger partial charge in [0, 0.05) is 38.2 Å². The third-order valence-corrected chi connectivity index (χ3v) is 5.35. The average Bonchev–Trinajstić information content (AvgIpc) is 3.11. The van der Waals surface area contributed by atoms with E-state index in [1.54, 1.807) is 24.0 Å². The maximum Gasteiger partial charge on any atom is 0.290 e. The molecule has 0 saturated carbocycles. The van der Waals surface area contributed by atoms with E-state index in [-0.39, 0.29) is 43.1 Å². The Morgan fingerprint density at radius 3 is 2.47 bits per heavy atom. The molecule has 1 atom stereocenters. The van der Waals surface area contributed by atoms with Crippen LogP contribution in [-0.4, -0.2) is 76.2 Å². The van der Waals surface area contributed by atoms with Crippen molar-refractivity contribution in [2.45, 2.75) is 45.7 Å². The first kappa shape index (κ1) is 23.3. The highest BCUT2D eigenvalue weighted by Gasteiger charge is 2.36. The molecule has 0 unspecified atom stereocenters. The van der Waals surface area contributed by atoms with Crippen molar-refractivity contribution in [1.29, 1.82) is 0 Å². The number of benzene rings is 1. The summed E-state index contributed by atoms with van der Waals surface area (Å²) in [5, 5.41) is 6.89. The molecular weight excluding hydrogens is 393 g/mol. The summed E-state index contributed by atoms with van der Waals surface area (Å²) in [5.41, 5.74) is 1.33. The van der Waals surface area contributed by atoms with Crippen molar-refractivity contribution in [1.82, 2.24) is 14.7 Å². The minimum absolute atomic E-state index is 0.00452. The predicted octanol–water partition coefficient (Wildman–Crippen LogP) is 1.41. The Hall–Kier alpha value is -2.97. The highest BCUT2D eigenvalue weighted by atomic mass is 19.1. The third kappa shape index (κ3) is 5.77. The second kappa shape index (κ2) is 10.7. The van der Waals surface area contributed by atoms with Gasteiger partial charge in [0.15, 0.2) is 0 Å². The maximum atomic E-state index is 14.0. The number of nitrogens with zero attached hydrogens (tertiary/aromatic N) is 3. The highest BCUT2D eigenvalue weighted by Crippen LogP contribution is 2.19. The van der Waals surface area contributed by atoms with Gasteiger partial charge in [0.05, 0.1) is 6.54 Å². The fourth-order valence-corrected chi connectivity index (χ4v) is 3.76. The Labute approximate surface area is 175 Å². The van der Waals surface area contributed by atoms with Gasteiger partial charge in [0.2, 0.25) is 17.7 Å². The molecule has 3 amide bonds. The van der Waals surface area contributed by atoms with E-state index in [2.05, 4.69) is 0 Å². The molecule has 9 heteroatoms. The normalized spacial score (nSPS) is 19.1. The second-order valence-corrected chi connectivity index (χ2v) is 7.50. The van der Waals surface area contributed by atoms with Gasteiger partial charge in [-0.25, -0.2) is 4.39 Å². The van der Waals surface area contributed by atoms with Crippen LogP contribution in [0.2, 0.25) is 0 Å². The number of aryl methyl sites for hydroxylation is 1. The molecule has 2 heterocycles. The van der Waals surface area contributed by atoms with Crippen LogP contribution >= 0.6 is 0 Å². The van der Waals surface area contributed by atoms with E-state index in [4.69, 9.17) is 9.90 Å². The molecule has 8 nitrogen and oxygen atoms in total. The first-order valence-corrected chi connectivity index (χ1v) is 9.97. The summed E-state index contributed by atoms with van der Waals surface area (Å²) in [6.07, 6.45) is 2.15. The van der Waals surface area contributed by atoms with Crippen LogP contribution in [0, 0.1) is 12.7 Å². The van der Waals surface area contributed by atoms with Gasteiger partial charge in [-0.05, 0) is 32.8 Å². The van der Waals surface area contributed by atoms with Crippen LogP contribution in [0.15, 0.2) is 18.2 Å². The number of piperazine rings is 1. The fourth-order valence-electron chi connectivity index (χ4n) is 3.76. The van der Waals surface area contributed by atoms with Crippen LogP contribution in [0.5, 0.6) is 0 Å². The first-order valence-electron chi connectivity index (χ1n) is 9.97. The van der Waals surface area contributed by atoms with Crippen LogP contribution in [0.25, 0.3) is 0 Å². The average molecular weight is 421 g/mol. The summed E-state index contributed by atoms with van der Waals surface area (Å²) in [5.74, 6) is -0.516. The highest BCUT2D eigenvalue weighted by molar-refractivity contribution is 5.94. The number of rotatable bonds is 6. The Kier molecular flexibility index (Phi) is 8.32. The van der Waals surface area contributed by atoms with Gasteiger partial charge in [-0.15, -0.1) is 0 Å². The number of hydrogen-bond acceptors (Lipinski definition) is 4. The Bertz CT molecular complexity index is 801. The van der Waals surface area contributed by atoms with E-state index in [0.717, 1.165) is 18.5 Å². The molecule has 164 valence electrons. The number of likely N-dealkylation sites (tertiary alicyclic amines) is 1. The molecule has 0 aliphatic carbocycles. The minimum atomic E-state index is -0.625. The zero-order chi connectivity index (χ0) is 22.3. The zero-order valence-electron chi connectivity index (χ0n) is 17.3. The maximum absolute atomic E-state index is 14.0. The van der Waals surface area contributed by atoms with Gasteiger partial charge in [-0.3, -0.25) is 19.2 Å². The van der Waals surface area contributed by atoms with Crippen LogP contribution in [0.1, 0.15) is 37.3 Å². The molecule has 0 radical (unpaired) electrons. The Morgan fingerprint density at radius 2 is 1.83 bits per heavy atom. The monoisotopic (exact) mass is 421 g/mol. The van der Waals surface area contributed by atoms with Crippen LogP contribution < -0.4 is 0 Å². The van der Waals surface area contributed by atoms with Gasteiger partial charge in [-0.2, -0.15) is 0 Å². The van der Waals surface area contributed by atoms with Crippen molar-refractivity contribution in [3.8, 4) is 0 Å². The van der Waals surface area contributed by atoms with Crippen molar-refractivity contribution < 1.29 is 28.7 Å². The van der Waals surface area contributed by atoms with Crippen molar-refractivity contribution in [2.24, 2.45) is 0 Å². The fraction of sp³-hybridized carbons (Fsp3) is 0.524. The summed E-state index contributed by atoms with van der Waals surface area (Å²) < 4.78 is 14.0. The molecule has 2 fully saturated rings. The zero-order valence-corrected chi connectivity index (χ0v) is 17.3. The Morgan fingerprint density at radius 1 is 1.17 bits per heavy atom. The van der Waals surface area contributed by atoms with Gasteiger partial charge in [0.1, 0.15) is 11.9 Å². The van der Waals surface area contributed by atoms with E-state index in [0.29, 0.717) is 31.5 Å². The number of carboxylic acid groups (broad SMARTS) is 1. The van der Waals surface area contributed by atoms with Crippen molar-refractivity contribution in [2.75, 3.05) is 26.2 Å². The van der Waals surface area contributed by atoms with Gasteiger partial charge in [0.25, 0.3) is 6.47 Å². The molecule has 2 saturated heterocycles. The first-order chi connectivity index (χ1) is 14.3. The molecule has 2 aliphatic heterocycles. The molecular formula is C21H28FN3O5. The molecule has 1 aromatic rings. The lowest BCUT2D eigenvalue weighted by atomic mass is 10.1. The quantitative estimate of drug-likeness (QED) is 0.701. The standard InChI is InChI=1S/C20H26FN3O3.CH2O2/c1-14-6-7-17(21)16(11-14)12-24-15(2)20(27)23(13-19(24)26)10-4-9-22-8-3-5-18(22)25;2-1-3/h6-7,11,15H,3-5,8-10,12-13H2,1-2H3;1H,(H,2,3)/t15-;/m0./s1. The third-order valence-electron chi connectivity index (χ3n) is 5.35. The molecule has 1 N–H and O–H groups in total. The lowest BCUT2D eigenvalue weighted by Gasteiger charge is -2.39. The van der Waals surface area contributed by atoms with E-state index < -0.39 is 6.04 Å². The van der Waals surface area contributed by atoms with E-state index in [1.807, 2.05) is 11.8 Å². The molecule has 0 bridgehead atoms. The summed E-state index contributed by atoms with van der Waals surface area (Å²) in [7, 11) is 0. The molecule has 0 aromatic heterocycles. The van der Waals surface area contributed by atoms with E-state index in [1.165, 1.54) is 11.0 Å². The largest absolute Gasteiger partial charge is 0.483 e. The second-order valence-electron chi connectivity index (χ2n) is 7.50. The van der Waals surface area contributed by atoms with Crippen LogP contribution in [-0.2, 0) is 25.7 Å². The van der Waals surface area contributed by atoms with Crippen molar-refractivity contribution in [3.05, 3.63) is 35.1 Å². The van der Waals surface area contributed by atoms with E-state index in [9.17, 15) is 18.8 Å². The Balaban J connectivity index is 0.00000101. The number of halogens is 1. The SMILES string of the molecule is Cc1ccc(F)c(CN2C(=O)CN(CCCN3CCCC3=O)C(=O)[C@@H]2C)c1.O=CO. The molecule has 0 spiro atoms.